The summed E-state index contributed by atoms with van der Waals surface area (Å²) in [6.07, 6.45) is 2.84. The fourth-order valence-electron chi connectivity index (χ4n) is 3.34. The van der Waals surface area contributed by atoms with E-state index >= 15 is 0 Å². The van der Waals surface area contributed by atoms with Crippen molar-refractivity contribution in [2.75, 3.05) is 6.54 Å². The van der Waals surface area contributed by atoms with E-state index in [1.165, 1.54) is 23.9 Å². The molecule has 0 aliphatic carbocycles. The van der Waals surface area contributed by atoms with Crippen LogP contribution in [0.15, 0.2) is 36.8 Å². The summed E-state index contributed by atoms with van der Waals surface area (Å²) in [6, 6.07) is 7.75. The van der Waals surface area contributed by atoms with Crippen molar-refractivity contribution in [2.45, 2.75) is 52.2 Å². The van der Waals surface area contributed by atoms with Crippen LogP contribution in [0.25, 0.3) is 0 Å². The maximum atomic E-state index is 11.9. The number of amides is 1. The molecule has 176 valence electrons. The maximum Gasteiger partial charge on any atom is 0.407 e. The van der Waals surface area contributed by atoms with Crippen LogP contribution < -0.4 is 5.32 Å². The normalized spacial score (nSPS) is 12.5. The lowest BCUT2D eigenvalue weighted by Gasteiger charge is -2.19. The van der Waals surface area contributed by atoms with Crippen molar-refractivity contribution in [2.24, 2.45) is 0 Å². The molecule has 2 N–H and O–H groups in total. The number of aryl methyl sites for hydroxylation is 1. The molecule has 6 nitrogen and oxygen atoms in total. The van der Waals surface area contributed by atoms with Crippen LogP contribution in [-0.2, 0) is 17.6 Å². The van der Waals surface area contributed by atoms with E-state index in [1.807, 2.05) is 52.0 Å². The number of hydrogen-bond acceptors (Lipinski definition) is 6. The number of hydrogen-bond donors (Lipinski definition) is 2. The summed E-state index contributed by atoms with van der Waals surface area (Å²) in [7, 11) is 0. The van der Waals surface area contributed by atoms with E-state index in [4.69, 9.17) is 27.9 Å². The molecule has 33 heavy (non-hydrogen) atoms. The molecular weight excluding hydrogens is 481 g/mol. The average molecular weight is 508 g/mol. The molecule has 0 aliphatic rings. The van der Waals surface area contributed by atoms with E-state index in [2.05, 4.69) is 15.3 Å². The second-order valence-corrected chi connectivity index (χ2v) is 10.8. The minimum absolute atomic E-state index is 0.236. The molecule has 0 spiro atoms. The van der Waals surface area contributed by atoms with E-state index < -0.39 is 17.8 Å². The summed E-state index contributed by atoms with van der Waals surface area (Å²) in [5, 5.41) is 14.5. The van der Waals surface area contributed by atoms with Crippen molar-refractivity contribution in [3.8, 4) is 0 Å². The summed E-state index contributed by atoms with van der Waals surface area (Å²) in [5.74, 6) is 0. The Kier molecular flexibility index (Phi) is 8.34. The van der Waals surface area contributed by atoms with Crippen molar-refractivity contribution < 1.29 is 14.6 Å². The molecule has 0 bridgehead atoms. The minimum atomic E-state index is -0.895. The first-order chi connectivity index (χ1) is 15.5. The zero-order valence-corrected chi connectivity index (χ0v) is 21.3. The van der Waals surface area contributed by atoms with Crippen LogP contribution in [0.3, 0.4) is 0 Å². The first-order valence-corrected chi connectivity index (χ1v) is 12.1. The Morgan fingerprint density at radius 3 is 2.67 bits per heavy atom. The Balaban J connectivity index is 1.74. The van der Waals surface area contributed by atoms with Crippen molar-refractivity contribution in [3.63, 3.8) is 0 Å². The third kappa shape index (κ3) is 7.14. The van der Waals surface area contributed by atoms with Crippen LogP contribution in [0.4, 0.5) is 4.79 Å². The lowest BCUT2D eigenvalue weighted by molar-refractivity contribution is 0.0528. The van der Waals surface area contributed by atoms with E-state index in [9.17, 15) is 9.90 Å². The molecule has 0 saturated heterocycles. The number of nitrogens with one attached hydrogen (secondary N) is 1. The highest BCUT2D eigenvalue weighted by Crippen LogP contribution is 2.34. The van der Waals surface area contributed by atoms with Gasteiger partial charge in [0.1, 0.15) is 23.2 Å². The van der Waals surface area contributed by atoms with Crippen LogP contribution in [0.2, 0.25) is 10.2 Å². The van der Waals surface area contributed by atoms with Crippen LogP contribution >= 0.6 is 34.5 Å². The molecule has 0 fully saturated rings. The lowest BCUT2D eigenvalue weighted by Crippen LogP contribution is -2.33. The molecule has 0 aliphatic heterocycles. The van der Waals surface area contributed by atoms with E-state index in [0.717, 1.165) is 26.4 Å². The van der Waals surface area contributed by atoms with Gasteiger partial charge in [-0.05, 0) is 75.4 Å². The summed E-state index contributed by atoms with van der Waals surface area (Å²) >= 11 is 13.9. The van der Waals surface area contributed by atoms with Crippen molar-refractivity contribution in [1.82, 2.24) is 15.3 Å². The first kappa shape index (κ1) is 25.4. The van der Waals surface area contributed by atoms with Crippen LogP contribution in [0.1, 0.15) is 58.9 Å². The van der Waals surface area contributed by atoms with Gasteiger partial charge in [0.05, 0.1) is 0 Å². The molecule has 0 saturated carbocycles. The molecule has 3 aromatic rings. The monoisotopic (exact) mass is 507 g/mol. The first-order valence-electron chi connectivity index (χ1n) is 10.5. The van der Waals surface area contributed by atoms with Crippen LogP contribution in [-0.4, -0.2) is 33.3 Å². The smallest absolute Gasteiger partial charge is 0.407 e. The van der Waals surface area contributed by atoms with Gasteiger partial charge in [0.2, 0.25) is 0 Å². The number of aliphatic hydroxyl groups is 1. The van der Waals surface area contributed by atoms with Crippen molar-refractivity contribution in [3.05, 3.63) is 79.0 Å². The Bertz CT molecular complexity index is 1130. The molecule has 2 heterocycles. The molecule has 1 aromatic carbocycles. The number of nitrogens with zero attached hydrogens (tertiary/aromatic N) is 2. The van der Waals surface area contributed by atoms with E-state index in [0.29, 0.717) is 30.0 Å². The molecule has 1 unspecified atom stereocenters. The summed E-state index contributed by atoms with van der Waals surface area (Å²) in [4.78, 5) is 21.7. The highest BCUT2D eigenvalue weighted by atomic mass is 35.5. The van der Waals surface area contributed by atoms with Gasteiger partial charge in [-0.1, -0.05) is 29.3 Å². The maximum absolute atomic E-state index is 11.9. The predicted molar refractivity (Wildman–Crippen MR) is 132 cm³/mol. The lowest BCUT2D eigenvalue weighted by atomic mass is 9.97. The molecular formula is C24H27Cl2N3O3S. The second-order valence-electron chi connectivity index (χ2n) is 8.67. The molecule has 9 heteroatoms. The van der Waals surface area contributed by atoms with Gasteiger partial charge in [0, 0.05) is 33.1 Å². The molecule has 1 amide bonds. The number of rotatable bonds is 7. The molecule has 1 atom stereocenters. The number of halogens is 2. The van der Waals surface area contributed by atoms with Gasteiger partial charge in [0.25, 0.3) is 0 Å². The number of benzene rings is 1. The van der Waals surface area contributed by atoms with Gasteiger partial charge in [-0.2, -0.15) is 0 Å². The van der Waals surface area contributed by atoms with Crippen LogP contribution in [0, 0.1) is 6.92 Å². The minimum Gasteiger partial charge on any atom is -0.444 e. The van der Waals surface area contributed by atoms with Gasteiger partial charge in [0.15, 0.2) is 0 Å². The number of ether oxygens (including phenoxy) is 1. The molecule has 0 radical (unpaired) electrons. The highest BCUT2D eigenvalue weighted by Gasteiger charge is 2.20. The second kappa shape index (κ2) is 10.8. The summed E-state index contributed by atoms with van der Waals surface area (Å²) < 4.78 is 5.29. The Hall–Kier alpha value is -2.19. The fourth-order valence-corrected chi connectivity index (χ4v) is 4.79. The van der Waals surface area contributed by atoms with Gasteiger partial charge in [-0.15, -0.1) is 11.3 Å². The van der Waals surface area contributed by atoms with E-state index in [-0.39, 0.29) is 5.15 Å². The van der Waals surface area contributed by atoms with Gasteiger partial charge < -0.3 is 15.2 Å². The zero-order chi connectivity index (χ0) is 24.2. The quantitative estimate of drug-likeness (QED) is 0.389. The molecule has 2 aromatic heterocycles. The summed E-state index contributed by atoms with van der Waals surface area (Å²) in [5.41, 5.74) is 3.18. The van der Waals surface area contributed by atoms with Crippen molar-refractivity contribution >= 4 is 40.6 Å². The average Bonchev–Trinajstić information content (AvgIpc) is 3.08. The Labute approximate surface area is 208 Å². The third-order valence-corrected chi connectivity index (χ3v) is 6.60. The van der Waals surface area contributed by atoms with Crippen molar-refractivity contribution in [1.29, 1.82) is 0 Å². The number of alkyl carbamates (subject to hydrolysis) is 1. The zero-order valence-electron chi connectivity index (χ0n) is 19.0. The predicted octanol–water partition coefficient (Wildman–Crippen LogP) is 5.89. The highest BCUT2D eigenvalue weighted by molar-refractivity contribution is 7.12. The number of carbonyl (C=O) groups excluding carboxylic acids is 1. The van der Waals surface area contributed by atoms with E-state index in [1.54, 1.807) is 0 Å². The SMILES string of the molecule is Cc1sc(C(O)c2cncnc2Cl)cc1Cc1cc(Cl)ccc1CCNC(=O)OC(C)(C)C. The van der Waals surface area contributed by atoms with Gasteiger partial charge in [-0.3, -0.25) is 0 Å². The topological polar surface area (TPSA) is 84.3 Å². The van der Waals surface area contributed by atoms with Crippen LogP contribution in [0.5, 0.6) is 0 Å². The number of carbonyl (C=O) groups is 1. The molecule has 3 rings (SSSR count). The van der Waals surface area contributed by atoms with Gasteiger partial charge >= 0.3 is 6.09 Å². The summed E-state index contributed by atoms with van der Waals surface area (Å²) in [6.45, 7) is 7.96. The van der Waals surface area contributed by atoms with Gasteiger partial charge in [-0.25, -0.2) is 14.8 Å². The third-order valence-electron chi connectivity index (χ3n) is 4.91. The number of aromatic nitrogens is 2. The number of aliphatic hydroxyl groups excluding tert-OH is 1. The fraction of sp³-hybridized carbons (Fsp3) is 0.375. The number of thiophene rings is 1. The largest absolute Gasteiger partial charge is 0.444 e. The Morgan fingerprint density at radius 2 is 1.97 bits per heavy atom. The standard InChI is InChI=1S/C24H27Cl2N3O3S/c1-14-16(11-20(33-14)21(30)19-12-27-13-29-22(19)26)9-17-10-18(25)6-5-15(17)7-8-28-23(31)32-24(2,3)4/h5-6,10-13,21,30H,7-9H2,1-4H3,(H,28,31). The Morgan fingerprint density at radius 1 is 1.21 bits per heavy atom.